The van der Waals surface area contributed by atoms with Crippen LogP contribution in [0.2, 0.25) is 0 Å². The first kappa shape index (κ1) is 23.2. The van der Waals surface area contributed by atoms with E-state index in [2.05, 4.69) is 16.5 Å². The van der Waals surface area contributed by atoms with Gasteiger partial charge < -0.3 is 19.9 Å². The molecule has 3 heterocycles. The van der Waals surface area contributed by atoms with Crippen LogP contribution >= 0.6 is 0 Å². The van der Waals surface area contributed by atoms with Crippen LogP contribution in [0, 0.1) is 19.8 Å². The zero-order valence-electron chi connectivity index (χ0n) is 20.0. The van der Waals surface area contributed by atoms with Gasteiger partial charge in [-0.1, -0.05) is 30.3 Å². The zero-order chi connectivity index (χ0) is 23.4. The van der Waals surface area contributed by atoms with Gasteiger partial charge >= 0.3 is 0 Å². The van der Waals surface area contributed by atoms with E-state index in [0.717, 1.165) is 72.6 Å². The van der Waals surface area contributed by atoms with Gasteiger partial charge in [0, 0.05) is 31.9 Å². The molecule has 0 bridgehead atoms. The van der Waals surface area contributed by atoms with Gasteiger partial charge in [-0.3, -0.25) is 4.79 Å². The highest BCUT2D eigenvalue weighted by Gasteiger charge is 2.24. The van der Waals surface area contributed by atoms with E-state index in [1.807, 2.05) is 49.1 Å². The van der Waals surface area contributed by atoms with Crippen LogP contribution in [0.1, 0.15) is 48.8 Å². The van der Waals surface area contributed by atoms with Crippen LogP contribution in [0.15, 0.2) is 30.3 Å². The highest BCUT2D eigenvalue weighted by atomic mass is 16.5. The van der Waals surface area contributed by atoms with Gasteiger partial charge in [-0.25, -0.2) is 9.97 Å². The van der Waals surface area contributed by atoms with Gasteiger partial charge in [-0.15, -0.1) is 0 Å². The number of nitrogens with zero attached hydrogens (tertiary/aromatic N) is 4. The molecule has 0 aliphatic carbocycles. The van der Waals surface area contributed by atoms with Crippen LogP contribution in [-0.2, 0) is 29.1 Å². The van der Waals surface area contributed by atoms with Crippen molar-refractivity contribution < 1.29 is 9.53 Å². The molecule has 0 saturated carbocycles. The first-order chi connectivity index (χ1) is 16.0. The van der Waals surface area contributed by atoms with E-state index < -0.39 is 0 Å². The largest absolute Gasteiger partial charge is 0.382 e. The number of piperidine rings is 1. The summed E-state index contributed by atoms with van der Waals surface area (Å²) < 4.78 is 7.97. The van der Waals surface area contributed by atoms with Crippen LogP contribution < -0.4 is 5.73 Å². The van der Waals surface area contributed by atoms with E-state index in [1.54, 1.807) is 0 Å². The lowest BCUT2D eigenvalue weighted by Crippen LogP contribution is -2.39. The lowest BCUT2D eigenvalue weighted by Gasteiger charge is -2.32. The quantitative estimate of drug-likeness (QED) is 0.561. The minimum absolute atomic E-state index is 0.230. The number of ether oxygens (including phenoxy) is 1. The summed E-state index contributed by atoms with van der Waals surface area (Å²) in [5.41, 5.74) is 11.2. The first-order valence-corrected chi connectivity index (χ1v) is 12.0. The standard InChI is InChI=1S/C26H35N5O2/c1-4-33-17-22-29-24-25(18(2)19(3)28-26(24)27)31(22)15-12-20-10-13-30(14-11-20)23(32)16-21-8-6-5-7-9-21/h5-9,20H,4,10-17H2,1-3H3,(H2,27,28). The Balaban J connectivity index is 1.41. The van der Waals surface area contributed by atoms with Gasteiger partial charge in [0.05, 0.1) is 11.9 Å². The van der Waals surface area contributed by atoms with Crippen molar-refractivity contribution in [1.82, 2.24) is 19.4 Å². The molecule has 1 amide bonds. The maximum Gasteiger partial charge on any atom is 0.226 e. The topological polar surface area (TPSA) is 86.3 Å². The maximum atomic E-state index is 12.7. The Kier molecular flexibility index (Phi) is 7.28. The average molecular weight is 450 g/mol. The van der Waals surface area contributed by atoms with Crippen molar-refractivity contribution >= 4 is 22.8 Å². The predicted molar refractivity (Wildman–Crippen MR) is 131 cm³/mol. The van der Waals surface area contributed by atoms with Gasteiger partial charge in [0.2, 0.25) is 5.91 Å². The third kappa shape index (κ3) is 5.19. The fourth-order valence-corrected chi connectivity index (χ4v) is 4.76. The summed E-state index contributed by atoms with van der Waals surface area (Å²) in [6.07, 6.45) is 3.61. The molecule has 0 radical (unpaired) electrons. The molecule has 2 N–H and O–H groups in total. The predicted octanol–water partition coefficient (Wildman–Crippen LogP) is 4.04. The van der Waals surface area contributed by atoms with Crippen LogP contribution in [0.3, 0.4) is 0 Å². The van der Waals surface area contributed by atoms with E-state index in [4.69, 9.17) is 15.5 Å². The molecule has 0 unspecified atom stereocenters. The molecular formula is C26H35N5O2. The number of hydrogen-bond donors (Lipinski definition) is 1. The summed E-state index contributed by atoms with van der Waals surface area (Å²) in [7, 11) is 0. The number of aromatic nitrogens is 3. The summed E-state index contributed by atoms with van der Waals surface area (Å²) >= 11 is 0. The number of anilines is 1. The molecule has 2 aromatic heterocycles. The third-order valence-electron chi connectivity index (χ3n) is 6.84. The Bertz CT molecular complexity index is 1100. The van der Waals surface area contributed by atoms with Gasteiger partial charge in [0.15, 0.2) is 5.82 Å². The van der Waals surface area contributed by atoms with E-state index in [0.29, 0.717) is 31.4 Å². The van der Waals surface area contributed by atoms with Crippen LogP contribution in [0.25, 0.3) is 11.0 Å². The molecule has 176 valence electrons. The number of aryl methyl sites for hydroxylation is 3. The number of imidazole rings is 1. The van der Waals surface area contributed by atoms with Crippen molar-refractivity contribution in [2.45, 2.75) is 59.6 Å². The first-order valence-electron chi connectivity index (χ1n) is 12.0. The van der Waals surface area contributed by atoms with Crippen molar-refractivity contribution in [1.29, 1.82) is 0 Å². The fraction of sp³-hybridized carbons (Fsp3) is 0.500. The number of hydrogen-bond acceptors (Lipinski definition) is 5. The van der Waals surface area contributed by atoms with Crippen molar-refractivity contribution in [2.75, 3.05) is 25.4 Å². The molecule has 4 rings (SSSR count). The molecule has 7 heteroatoms. The number of nitrogen functional groups attached to an aromatic ring is 1. The van der Waals surface area contributed by atoms with E-state index in [-0.39, 0.29) is 5.91 Å². The van der Waals surface area contributed by atoms with Crippen molar-refractivity contribution in [3.8, 4) is 0 Å². The Morgan fingerprint density at radius 1 is 1.15 bits per heavy atom. The van der Waals surface area contributed by atoms with Gasteiger partial charge in [-0.2, -0.15) is 0 Å². The Hall–Kier alpha value is -2.93. The highest BCUT2D eigenvalue weighted by Crippen LogP contribution is 2.29. The monoisotopic (exact) mass is 449 g/mol. The number of amides is 1. The number of pyridine rings is 1. The van der Waals surface area contributed by atoms with Crippen molar-refractivity contribution in [2.24, 2.45) is 5.92 Å². The summed E-state index contributed by atoms with van der Waals surface area (Å²) in [5, 5.41) is 0. The summed E-state index contributed by atoms with van der Waals surface area (Å²) in [5.74, 6) is 2.21. The Morgan fingerprint density at radius 2 is 1.88 bits per heavy atom. The smallest absolute Gasteiger partial charge is 0.226 e. The minimum Gasteiger partial charge on any atom is -0.382 e. The highest BCUT2D eigenvalue weighted by molar-refractivity contribution is 5.88. The zero-order valence-corrected chi connectivity index (χ0v) is 20.0. The number of carbonyl (C=O) groups excluding carboxylic acids is 1. The Morgan fingerprint density at radius 3 is 2.58 bits per heavy atom. The van der Waals surface area contributed by atoms with E-state index in [9.17, 15) is 4.79 Å². The number of carbonyl (C=O) groups is 1. The van der Waals surface area contributed by atoms with Crippen LogP contribution in [0.4, 0.5) is 5.82 Å². The molecule has 0 atom stereocenters. The second kappa shape index (κ2) is 10.3. The molecule has 3 aromatic rings. The third-order valence-corrected chi connectivity index (χ3v) is 6.84. The molecule has 0 spiro atoms. The lowest BCUT2D eigenvalue weighted by atomic mass is 9.93. The summed E-state index contributed by atoms with van der Waals surface area (Å²) in [6, 6.07) is 10.00. The van der Waals surface area contributed by atoms with E-state index >= 15 is 0 Å². The average Bonchev–Trinajstić information content (AvgIpc) is 3.20. The minimum atomic E-state index is 0.230. The second-order valence-corrected chi connectivity index (χ2v) is 9.00. The molecular weight excluding hydrogens is 414 g/mol. The number of nitrogens with two attached hydrogens (primary N) is 1. The van der Waals surface area contributed by atoms with Gasteiger partial charge in [0.25, 0.3) is 0 Å². The number of fused-ring (bicyclic) bond motifs is 1. The normalized spacial score (nSPS) is 14.8. The molecule has 1 aromatic carbocycles. The van der Waals surface area contributed by atoms with Crippen molar-refractivity contribution in [3.63, 3.8) is 0 Å². The summed E-state index contributed by atoms with van der Waals surface area (Å²) in [6.45, 7) is 9.72. The second-order valence-electron chi connectivity index (χ2n) is 9.00. The number of rotatable bonds is 8. The van der Waals surface area contributed by atoms with Gasteiger partial charge in [-0.05, 0) is 57.1 Å². The fourth-order valence-electron chi connectivity index (χ4n) is 4.76. The van der Waals surface area contributed by atoms with Crippen LogP contribution in [0.5, 0.6) is 0 Å². The van der Waals surface area contributed by atoms with E-state index in [1.165, 1.54) is 0 Å². The molecule has 7 nitrogen and oxygen atoms in total. The SMILES string of the molecule is CCOCc1nc2c(N)nc(C)c(C)c2n1CCC1CCN(C(=O)Cc2ccccc2)CC1. The molecule has 1 aliphatic rings. The Labute approximate surface area is 196 Å². The lowest BCUT2D eigenvalue weighted by molar-refractivity contribution is -0.131. The summed E-state index contributed by atoms with van der Waals surface area (Å²) in [4.78, 5) is 24.0. The van der Waals surface area contributed by atoms with Crippen molar-refractivity contribution in [3.05, 3.63) is 53.0 Å². The molecule has 1 saturated heterocycles. The van der Waals surface area contributed by atoms with Gasteiger partial charge in [0.1, 0.15) is 17.9 Å². The maximum absolute atomic E-state index is 12.7. The number of likely N-dealkylation sites (tertiary alicyclic amines) is 1. The van der Waals surface area contributed by atoms with Crippen LogP contribution in [-0.4, -0.2) is 45.0 Å². The number of benzene rings is 1. The molecule has 1 fully saturated rings. The molecule has 1 aliphatic heterocycles. The molecule has 33 heavy (non-hydrogen) atoms.